The number of pyridine rings is 1. The minimum absolute atomic E-state index is 0.0335. The first-order chi connectivity index (χ1) is 13.6. The highest BCUT2D eigenvalue weighted by Crippen LogP contribution is 2.55. The van der Waals surface area contributed by atoms with Gasteiger partial charge >= 0.3 is 0 Å². The van der Waals surface area contributed by atoms with Crippen molar-refractivity contribution in [2.24, 2.45) is 4.99 Å². The standard InChI is InChI=1S/C24H21N3O/c1-16-8-7-9-17(14-16)19-15-21(20-11-5-6-13-25-20)26-24(19)18-10-3-4-12-22(18)27(2)23(24)28/h3-14,19H,15H2,1-2H3. The molecule has 2 atom stereocenters. The molecule has 5 rings (SSSR count). The lowest BCUT2D eigenvalue weighted by Crippen LogP contribution is -2.40. The Morgan fingerprint density at radius 3 is 2.64 bits per heavy atom. The Hall–Kier alpha value is -3.27. The molecule has 2 aliphatic heterocycles. The molecule has 1 spiro atoms. The van der Waals surface area contributed by atoms with Gasteiger partial charge in [-0.3, -0.25) is 14.8 Å². The molecular formula is C24H21N3O. The number of carbonyl (C=O) groups is 1. The first-order valence-corrected chi connectivity index (χ1v) is 9.55. The summed E-state index contributed by atoms with van der Waals surface area (Å²) in [4.78, 5) is 25.0. The number of benzene rings is 2. The van der Waals surface area contributed by atoms with Crippen molar-refractivity contribution in [1.82, 2.24) is 4.98 Å². The summed E-state index contributed by atoms with van der Waals surface area (Å²) in [5, 5.41) is 0. The second-order valence-corrected chi connectivity index (χ2v) is 7.59. The van der Waals surface area contributed by atoms with E-state index >= 15 is 0 Å². The predicted molar refractivity (Wildman–Crippen MR) is 111 cm³/mol. The summed E-state index contributed by atoms with van der Waals surface area (Å²) in [7, 11) is 1.84. The fraction of sp³-hybridized carbons (Fsp3) is 0.208. The van der Waals surface area contributed by atoms with Crippen LogP contribution in [0.15, 0.2) is 77.9 Å². The van der Waals surface area contributed by atoms with Gasteiger partial charge < -0.3 is 4.90 Å². The van der Waals surface area contributed by atoms with Gasteiger partial charge in [-0.15, -0.1) is 0 Å². The molecule has 4 nitrogen and oxygen atoms in total. The highest BCUT2D eigenvalue weighted by molar-refractivity contribution is 6.13. The molecule has 3 aromatic rings. The number of hydrogen-bond donors (Lipinski definition) is 0. The number of hydrogen-bond acceptors (Lipinski definition) is 3. The van der Waals surface area contributed by atoms with Crippen LogP contribution in [0.1, 0.15) is 34.7 Å². The van der Waals surface area contributed by atoms with E-state index in [2.05, 4.69) is 36.2 Å². The summed E-state index contributed by atoms with van der Waals surface area (Å²) in [6.07, 6.45) is 2.47. The normalized spacial score (nSPS) is 23.2. The summed E-state index contributed by atoms with van der Waals surface area (Å²) in [6, 6.07) is 22.3. The van der Waals surface area contributed by atoms with Gasteiger partial charge in [-0.25, -0.2) is 0 Å². The molecule has 0 radical (unpaired) electrons. The molecule has 4 heteroatoms. The van der Waals surface area contributed by atoms with Crippen molar-refractivity contribution in [2.45, 2.75) is 24.8 Å². The number of likely N-dealkylation sites (N-methyl/N-ethyl adjacent to an activating group) is 1. The second kappa shape index (κ2) is 6.13. The van der Waals surface area contributed by atoms with Crippen LogP contribution in [0, 0.1) is 6.92 Å². The Kier molecular flexibility index (Phi) is 3.69. The molecule has 2 aromatic carbocycles. The van der Waals surface area contributed by atoms with E-state index in [9.17, 15) is 4.79 Å². The smallest absolute Gasteiger partial charge is 0.260 e. The van der Waals surface area contributed by atoms with Crippen molar-refractivity contribution in [2.75, 3.05) is 11.9 Å². The summed E-state index contributed by atoms with van der Waals surface area (Å²) in [6.45, 7) is 2.09. The molecule has 0 saturated heterocycles. The molecule has 2 unspecified atom stereocenters. The maximum Gasteiger partial charge on any atom is 0.260 e. The SMILES string of the molecule is Cc1cccc(C2CC(c3ccccn3)=NC23C(=O)N(C)c2ccccc23)c1. The Balaban J connectivity index is 1.76. The predicted octanol–water partition coefficient (Wildman–Crippen LogP) is 4.24. The highest BCUT2D eigenvalue weighted by Gasteiger charge is 2.58. The minimum Gasteiger partial charge on any atom is -0.313 e. The third-order valence-corrected chi connectivity index (χ3v) is 5.92. The van der Waals surface area contributed by atoms with E-state index in [4.69, 9.17) is 4.99 Å². The van der Waals surface area contributed by atoms with E-state index in [0.29, 0.717) is 6.42 Å². The van der Waals surface area contributed by atoms with Crippen molar-refractivity contribution in [1.29, 1.82) is 0 Å². The van der Waals surface area contributed by atoms with Gasteiger partial charge in [0.25, 0.3) is 5.91 Å². The molecule has 138 valence electrons. The second-order valence-electron chi connectivity index (χ2n) is 7.59. The summed E-state index contributed by atoms with van der Waals surface area (Å²) < 4.78 is 0. The quantitative estimate of drug-likeness (QED) is 0.680. The Bertz CT molecular complexity index is 1110. The van der Waals surface area contributed by atoms with Crippen molar-refractivity contribution in [3.63, 3.8) is 0 Å². The zero-order valence-electron chi connectivity index (χ0n) is 16.0. The Labute approximate surface area is 164 Å². The lowest BCUT2D eigenvalue weighted by atomic mass is 9.75. The lowest BCUT2D eigenvalue weighted by Gasteiger charge is -2.28. The molecule has 1 amide bonds. The average molecular weight is 367 g/mol. The van der Waals surface area contributed by atoms with E-state index in [1.807, 2.05) is 49.5 Å². The van der Waals surface area contributed by atoms with Crippen LogP contribution < -0.4 is 4.90 Å². The number of anilines is 1. The van der Waals surface area contributed by atoms with E-state index in [1.165, 1.54) is 5.56 Å². The maximum absolute atomic E-state index is 13.6. The molecule has 0 saturated carbocycles. The number of aryl methyl sites for hydroxylation is 1. The number of fused-ring (bicyclic) bond motifs is 2. The molecule has 0 fully saturated rings. The Morgan fingerprint density at radius 2 is 1.86 bits per heavy atom. The van der Waals surface area contributed by atoms with E-state index < -0.39 is 5.54 Å². The zero-order valence-corrected chi connectivity index (χ0v) is 16.0. The highest BCUT2D eigenvalue weighted by atomic mass is 16.2. The van der Waals surface area contributed by atoms with Crippen molar-refractivity contribution >= 4 is 17.3 Å². The molecule has 0 aliphatic carbocycles. The summed E-state index contributed by atoms with van der Waals surface area (Å²) in [5.74, 6) is -0.0193. The first kappa shape index (κ1) is 16.9. The van der Waals surface area contributed by atoms with Gasteiger partial charge in [0.15, 0.2) is 5.54 Å². The molecular weight excluding hydrogens is 346 g/mol. The number of nitrogens with zero attached hydrogens (tertiary/aromatic N) is 3. The number of amides is 1. The van der Waals surface area contributed by atoms with Crippen LogP contribution in [0.3, 0.4) is 0 Å². The number of rotatable bonds is 2. The number of carbonyl (C=O) groups excluding carboxylic acids is 1. The van der Waals surface area contributed by atoms with Gasteiger partial charge in [-0.2, -0.15) is 0 Å². The van der Waals surface area contributed by atoms with E-state index in [1.54, 1.807) is 11.1 Å². The number of aromatic nitrogens is 1. The lowest BCUT2D eigenvalue weighted by molar-refractivity contribution is -0.123. The molecule has 2 aliphatic rings. The van der Waals surface area contributed by atoms with Gasteiger partial charge in [0.05, 0.1) is 11.4 Å². The van der Waals surface area contributed by atoms with Crippen LogP contribution in [0.5, 0.6) is 0 Å². The molecule has 28 heavy (non-hydrogen) atoms. The fourth-order valence-electron chi connectivity index (χ4n) is 4.63. The fourth-order valence-corrected chi connectivity index (χ4v) is 4.63. The van der Waals surface area contributed by atoms with Gasteiger partial charge in [0.2, 0.25) is 0 Å². The van der Waals surface area contributed by atoms with Crippen LogP contribution in [-0.4, -0.2) is 23.7 Å². The topological polar surface area (TPSA) is 45.6 Å². The number of para-hydroxylation sites is 1. The summed E-state index contributed by atoms with van der Waals surface area (Å²) >= 11 is 0. The van der Waals surface area contributed by atoms with Crippen LogP contribution in [0.2, 0.25) is 0 Å². The average Bonchev–Trinajstić information content (AvgIpc) is 3.23. The van der Waals surface area contributed by atoms with Crippen LogP contribution >= 0.6 is 0 Å². The maximum atomic E-state index is 13.6. The monoisotopic (exact) mass is 367 g/mol. The summed E-state index contributed by atoms with van der Waals surface area (Å²) in [5.41, 5.74) is 5.07. The van der Waals surface area contributed by atoms with Gasteiger partial charge in [0.1, 0.15) is 0 Å². The third kappa shape index (κ3) is 2.27. The van der Waals surface area contributed by atoms with E-state index in [0.717, 1.165) is 28.2 Å². The molecule has 3 heterocycles. The van der Waals surface area contributed by atoms with Crippen molar-refractivity contribution < 1.29 is 4.79 Å². The van der Waals surface area contributed by atoms with Gasteiger partial charge in [0, 0.05) is 36.8 Å². The van der Waals surface area contributed by atoms with Crippen LogP contribution in [0.25, 0.3) is 0 Å². The van der Waals surface area contributed by atoms with Crippen LogP contribution in [-0.2, 0) is 10.3 Å². The molecule has 0 bridgehead atoms. The molecule has 0 N–H and O–H groups in total. The van der Waals surface area contributed by atoms with E-state index in [-0.39, 0.29) is 11.8 Å². The van der Waals surface area contributed by atoms with Crippen LogP contribution in [0.4, 0.5) is 5.69 Å². The van der Waals surface area contributed by atoms with Crippen molar-refractivity contribution in [3.8, 4) is 0 Å². The van der Waals surface area contributed by atoms with Crippen molar-refractivity contribution in [3.05, 3.63) is 95.3 Å². The first-order valence-electron chi connectivity index (χ1n) is 9.55. The Morgan fingerprint density at radius 1 is 1.04 bits per heavy atom. The zero-order chi connectivity index (χ0) is 19.3. The van der Waals surface area contributed by atoms with Gasteiger partial charge in [-0.05, 0) is 30.7 Å². The largest absolute Gasteiger partial charge is 0.313 e. The van der Waals surface area contributed by atoms with Gasteiger partial charge in [-0.1, -0.05) is 54.1 Å². The molecule has 1 aromatic heterocycles. The minimum atomic E-state index is -0.925. The third-order valence-electron chi connectivity index (χ3n) is 5.92. The number of aliphatic imine (C=N–C) groups is 1.